The molecule has 13 heteroatoms. The van der Waals surface area contributed by atoms with Gasteiger partial charge in [0.2, 0.25) is 5.65 Å². The first kappa shape index (κ1) is 29.9. The monoisotopic (exact) mass is 610 g/mol. The summed E-state index contributed by atoms with van der Waals surface area (Å²) in [6.45, 7) is 1.06. The molecule has 232 valence electrons. The molecule has 45 heavy (non-hydrogen) atoms. The number of aliphatic hydroxyl groups is 1. The molecule has 13 nitrogen and oxygen atoms in total. The smallest absolute Gasteiger partial charge is 0.296 e. The first-order valence-electron chi connectivity index (χ1n) is 14.7. The Morgan fingerprint density at radius 3 is 2.53 bits per heavy atom. The van der Waals surface area contributed by atoms with E-state index in [-0.39, 0.29) is 36.2 Å². The minimum Gasteiger partial charge on any atom is -0.483 e. The molecular weight excluding hydrogens is 576 g/mol. The lowest BCUT2D eigenvalue weighted by atomic mass is 9.91. The minimum atomic E-state index is -1.15. The van der Waals surface area contributed by atoms with Crippen LogP contribution in [0.1, 0.15) is 40.0 Å². The number of carbonyl (C=O) groups excluding carboxylic acids is 1. The summed E-state index contributed by atoms with van der Waals surface area (Å²) >= 11 is 0. The molecule has 1 amide bonds. The molecule has 2 aliphatic rings. The Morgan fingerprint density at radius 2 is 1.78 bits per heavy atom. The van der Waals surface area contributed by atoms with Gasteiger partial charge in [-0.25, -0.2) is 9.50 Å². The Balaban J connectivity index is 0.00000115. The SMILES string of the molecule is NC1Cc2ccc(-c3cnc4c(=O)n(CC5(O)CCN(C(=O)c6ccnn6Cc6ccccc6)CC5)cnn34)cc2C1.O=CO. The van der Waals surface area contributed by atoms with E-state index >= 15 is 0 Å². The lowest BCUT2D eigenvalue weighted by Crippen LogP contribution is -2.50. The first-order chi connectivity index (χ1) is 21.8. The van der Waals surface area contributed by atoms with Crippen LogP contribution in [0.4, 0.5) is 0 Å². The quantitative estimate of drug-likeness (QED) is 0.241. The third-order valence-corrected chi connectivity index (χ3v) is 8.52. The zero-order valence-electron chi connectivity index (χ0n) is 24.6. The van der Waals surface area contributed by atoms with Crippen LogP contribution in [0.3, 0.4) is 0 Å². The summed E-state index contributed by atoms with van der Waals surface area (Å²) < 4.78 is 4.68. The topological polar surface area (TPSA) is 174 Å². The van der Waals surface area contributed by atoms with Gasteiger partial charge >= 0.3 is 0 Å². The third-order valence-electron chi connectivity index (χ3n) is 8.52. The van der Waals surface area contributed by atoms with E-state index in [1.807, 2.05) is 36.4 Å². The van der Waals surface area contributed by atoms with Crippen molar-refractivity contribution in [3.05, 3.63) is 106 Å². The summed E-state index contributed by atoms with van der Waals surface area (Å²) in [5, 5.41) is 27.2. The van der Waals surface area contributed by atoms with Crippen LogP contribution >= 0.6 is 0 Å². The van der Waals surface area contributed by atoms with Gasteiger partial charge in [0.15, 0.2) is 0 Å². The number of carbonyl (C=O) groups is 2. The number of nitrogens with two attached hydrogens (primary N) is 1. The Kier molecular flexibility index (Phi) is 8.28. The minimum absolute atomic E-state index is 0.0717. The molecule has 0 radical (unpaired) electrons. The average Bonchev–Trinajstić information content (AvgIpc) is 3.77. The van der Waals surface area contributed by atoms with E-state index in [9.17, 15) is 14.7 Å². The lowest BCUT2D eigenvalue weighted by molar-refractivity contribution is -0.122. The molecule has 1 unspecified atom stereocenters. The van der Waals surface area contributed by atoms with Gasteiger partial charge in [-0.15, -0.1) is 0 Å². The summed E-state index contributed by atoms with van der Waals surface area (Å²) in [5.41, 5.74) is 10.6. The maximum Gasteiger partial charge on any atom is 0.296 e. The van der Waals surface area contributed by atoms with Crippen LogP contribution in [-0.4, -0.2) is 81.2 Å². The number of hydrogen-bond acceptors (Lipinski definition) is 8. The number of amides is 1. The van der Waals surface area contributed by atoms with Crippen molar-refractivity contribution in [3.8, 4) is 11.3 Å². The van der Waals surface area contributed by atoms with Crippen molar-refractivity contribution in [2.45, 2.75) is 50.4 Å². The number of rotatable bonds is 6. The van der Waals surface area contributed by atoms with Crippen LogP contribution in [-0.2, 0) is 30.7 Å². The predicted molar refractivity (Wildman–Crippen MR) is 165 cm³/mol. The van der Waals surface area contributed by atoms with Gasteiger partial charge in [0.1, 0.15) is 12.0 Å². The zero-order chi connectivity index (χ0) is 31.6. The van der Waals surface area contributed by atoms with Gasteiger partial charge in [0.05, 0.1) is 30.6 Å². The normalized spacial score (nSPS) is 17.0. The number of aromatic nitrogens is 6. The van der Waals surface area contributed by atoms with Gasteiger partial charge in [-0.05, 0) is 54.5 Å². The average molecular weight is 611 g/mol. The maximum absolute atomic E-state index is 13.4. The fourth-order valence-electron chi connectivity index (χ4n) is 6.18. The molecule has 0 bridgehead atoms. The number of hydrogen-bond donors (Lipinski definition) is 3. The van der Waals surface area contributed by atoms with Crippen LogP contribution in [0.25, 0.3) is 16.9 Å². The fraction of sp³-hybridized carbons (Fsp3) is 0.312. The second-order valence-electron chi connectivity index (χ2n) is 11.6. The highest BCUT2D eigenvalue weighted by atomic mass is 16.3. The van der Waals surface area contributed by atoms with Crippen LogP contribution in [0.5, 0.6) is 0 Å². The summed E-state index contributed by atoms with van der Waals surface area (Å²) in [6, 6.07) is 17.9. The number of carboxylic acid groups (broad SMARTS) is 1. The molecule has 0 spiro atoms. The van der Waals surface area contributed by atoms with E-state index in [4.69, 9.17) is 15.6 Å². The number of likely N-dealkylation sites (tertiary alicyclic amines) is 1. The molecule has 2 aromatic carbocycles. The van der Waals surface area contributed by atoms with Crippen LogP contribution in [0, 0.1) is 0 Å². The highest BCUT2D eigenvalue weighted by Gasteiger charge is 2.36. The Morgan fingerprint density at radius 1 is 1.04 bits per heavy atom. The van der Waals surface area contributed by atoms with Crippen LogP contribution in [0.15, 0.2) is 78.1 Å². The molecule has 4 heterocycles. The summed E-state index contributed by atoms with van der Waals surface area (Å²) in [7, 11) is 0. The van der Waals surface area contributed by atoms with Crippen LogP contribution in [0.2, 0.25) is 0 Å². The van der Waals surface area contributed by atoms with E-state index in [0.29, 0.717) is 38.2 Å². The Hall–Kier alpha value is -5.14. The van der Waals surface area contributed by atoms with E-state index in [2.05, 4.69) is 27.3 Å². The summed E-state index contributed by atoms with van der Waals surface area (Å²) in [5.74, 6) is -0.121. The van der Waals surface area contributed by atoms with Crippen molar-refractivity contribution < 1.29 is 19.8 Å². The Bertz CT molecular complexity index is 1890. The van der Waals surface area contributed by atoms with Crippen molar-refractivity contribution in [2.24, 2.45) is 5.73 Å². The van der Waals surface area contributed by atoms with Crippen molar-refractivity contribution in [2.75, 3.05) is 13.1 Å². The molecule has 7 rings (SSSR count). The highest BCUT2D eigenvalue weighted by molar-refractivity contribution is 5.92. The number of benzene rings is 2. The predicted octanol–water partition coefficient (Wildman–Crippen LogP) is 1.60. The Labute approximate surface area is 258 Å². The first-order valence-corrected chi connectivity index (χ1v) is 14.7. The van der Waals surface area contributed by atoms with Gasteiger partial charge in [-0.3, -0.25) is 23.6 Å². The van der Waals surface area contributed by atoms with E-state index < -0.39 is 5.60 Å². The van der Waals surface area contributed by atoms with Crippen molar-refractivity contribution in [1.82, 2.24) is 33.8 Å². The number of nitrogens with zero attached hydrogens (tertiary/aromatic N) is 7. The van der Waals surface area contributed by atoms with Gasteiger partial charge in [0, 0.05) is 30.9 Å². The molecule has 1 saturated heterocycles. The van der Waals surface area contributed by atoms with Gasteiger partial charge in [0.25, 0.3) is 17.9 Å². The highest BCUT2D eigenvalue weighted by Crippen LogP contribution is 2.28. The summed E-state index contributed by atoms with van der Waals surface area (Å²) in [4.78, 5) is 41.2. The fourth-order valence-corrected chi connectivity index (χ4v) is 6.18. The number of piperidine rings is 1. The third kappa shape index (κ3) is 6.12. The molecule has 1 aliphatic heterocycles. The molecular formula is C32H34N8O5. The molecule has 3 aromatic heterocycles. The van der Waals surface area contributed by atoms with E-state index in [0.717, 1.165) is 29.7 Å². The van der Waals surface area contributed by atoms with E-state index in [1.54, 1.807) is 32.6 Å². The van der Waals surface area contributed by atoms with Crippen LogP contribution < -0.4 is 11.3 Å². The van der Waals surface area contributed by atoms with Crippen molar-refractivity contribution >= 4 is 18.0 Å². The van der Waals surface area contributed by atoms with Gasteiger partial charge in [-0.2, -0.15) is 10.2 Å². The molecule has 5 aromatic rings. The van der Waals surface area contributed by atoms with Gasteiger partial charge in [-0.1, -0.05) is 42.5 Å². The molecule has 1 fully saturated rings. The lowest BCUT2D eigenvalue weighted by Gasteiger charge is -2.38. The second kappa shape index (κ2) is 12.5. The summed E-state index contributed by atoms with van der Waals surface area (Å²) in [6.07, 6.45) is 7.12. The standard InChI is InChI=1S/C31H32N8O3.CH2O2/c32-25-15-22-6-7-23(14-24(22)16-25)27-17-33-28-30(41)37(20-35-39(27)28)19-31(42)9-12-36(13-10-31)29(40)26-8-11-34-38(26)18-21-4-2-1-3-5-21;2-1-3/h1-8,11,14,17,20,25,42H,9-10,12-13,15-16,18-19,32H2;1H,(H,2,3). The van der Waals surface area contributed by atoms with Gasteiger partial charge < -0.3 is 20.8 Å². The molecule has 0 saturated carbocycles. The largest absolute Gasteiger partial charge is 0.483 e. The number of fused-ring (bicyclic) bond motifs is 2. The van der Waals surface area contributed by atoms with Crippen molar-refractivity contribution in [3.63, 3.8) is 0 Å². The zero-order valence-corrected chi connectivity index (χ0v) is 24.6. The van der Waals surface area contributed by atoms with Crippen molar-refractivity contribution in [1.29, 1.82) is 0 Å². The molecule has 4 N–H and O–H groups in total. The number of imidazole rings is 1. The van der Waals surface area contributed by atoms with E-state index in [1.165, 1.54) is 22.0 Å². The molecule has 1 atom stereocenters. The maximum atomic E-state index is 13.4. The second-order valence-corrected chi connectivity index (χ2v) is 11.6. The molecule has 1 aliphatic carbocycles.